The van der Waals surface area contributed by atoms with Gasteiger partial charge in [0.25, 0.3) is 0 Å². The zero-order valence-electron chi connectivity index (χ0n) is 17.3. The van der Waals surface area contributed by atoms with Crippen molar-refractivity contribution in [2.45, 2.75) is 41.9 Å². The van der Waals surface area contributed by atoms with E-state index in [0.29, 0.717) is 42.5 Å². The van der Waals surface area contributed by atoms with Crippen LogP contribution < -0.4 is 10.1 Å². The maximum absolute atomic E-state index is 13.5. The smallest absolute Gasteiger partial charge is 0.246 e. The predicted molar refractivity (Wildman–Crippen MR) is 120 cm³/mol. The number of aromatic nitrogens is 3. The van der Waals surface area contributed by atoms with Gasteiger partial charge in [0.2, 0.25) is 5.91 Å². The van der Waals surface area contributed by atoms with Crippen molar-refractivity contribution in [2.75, 3.05) is 11.9 Å². The molecule has 0 atom stereocenters. The van der Waals surface area contributed by atoms with Crippen LogP contribution in [0.3, 0.4) is 0 Å². The fourth-order valence-electron chi connectivity index (χ4n) is 3.92. The first kappa shape index (κ1) is 22.3. The lowest BCUT2D eigenvalue weighted by atomic mass is 10.1. The molecule has 8 nitrogen and oxygen atoms in total. The first-order chi connectivity index (χ1) is 15.4. The van der Waals surface area contributed by atoms with E-state index in [0.717, 1.165) is 0 Å². The normalized spacial score (nSPS) is 15.4. The highest BCUT2D eigenvalue weighted by atomic mass is 35.5. The number of nitrogens with zero attached hydrogens (tertiary/aromatic N) is 3. The van der Waals surface area contributed by atoms with E-state index < -0.39 is 20.5 Å². The molecular weight excluding hydrogens is 452 g/mol. The van der Waals surface area contributed by atoms with Gasteiger partial charge in [0.15, 0.2) is 14.6 Å². The number of hydrogen-bond acceptors (Lipinski definition) is 6. The van der Waals surface area contributed by atoms with Crippen LogP contribution in [0.25, 0.3) is 0 Å². The van der Waals surface area contributed by atoms with Crippen LogP contribution in [0.15, 0.2) is 66.1 Å². The van der Waals surface area contributed by atoms with Gasteiger partial charge in [-0.3, -0.25) is 4.79 Å². The van der Waals surface area contributed by atoms with Crippen molar-refractivity contribution in [3.63, 3.8) is 0 Å². The molecule has 1 N–H and O–H groups in total. The molecule has 1 aliphatic carbocycles. The van der Waals surface area contributed by atoms with Gasteiger partial charge in [-0.25, -0.2) is 18.1 Å². The predicted octanol–water partition coefficient (Wildman–Crippen LogP) is 3.74. The van der Waals surface area contributed by atoms with Crippen LogP contribution in [0.2, 0.25) is 5.02 Å². The molecule has 0 saturated heterocycles. The maximum atomic E-state index is 13.5. The molecule has 168 valence electrons. The summed E-state index contributed by atoms with van der Waals surface area (Å²) in [5.41, 5.74) is 0.478. The molecule has 0 unspecified atom stereocenters. The van der Waals surface area contributed by atoms with Crippen LogP contribution in [-0.2, 0) is 21.2 Å². The van der Waals surface area contributed by atoms with Gasteiger partial charge in [-0.15, -0.1) is 0 Å². The molecule has 0 spiro atoms. The van der Waals surface area contributed by atoms with Crippen molar-refractivity contribution in [2.24, 2.45) is 0 Å². The van der Waals surface area contributed by atoms with E-state index in [9.17, 15) is 13.2 Å². The second-order valence-corrected chi connectivity index (χ2v) is 10.3. The summed E-state index contributed by atoms with van der Waals surface area (Å²) < 4.78 is 32.8. The minimum Gasteiger partial charge on any atom is -0.492 e. The summed E-state index contributed by atoms with van der Waals surface area (Å²) in [6, 6.07) is 12.9. The molecule has 32 heavy (non-hydrogen) atoms. The van der Waals surface area contributed by atoms with E-state index in [4.69, 9.17) is 16.3 Å². The second kappa shape index (κ2) is 9.30. The molecule has 0 aliphatic heterocycles. The number of carbonyl (C=O) groups excluding carboxylic acids is 1. The molecule has 10 heteroatoms. The van der Waals surface area contributed by atoms with Crippen molar-refractivity contribution in [3.8, 4) is 5.75 Å². The monoisotopic (exact) mass is 474 g/mol. The summed E-state index contributed by atoms with van der Waals surface area (Å²) >= 11 is 5.91. The third-order valence-electron chi connectivity index (χ3n) is 5.61. The quantitative estimate of drug-likeness (QED) is 0.533. The Kier molecular flexibility index (Phi) is 6.48. The first-order valence-corrected chi connectivity index (χ1v) is 12.1. The van der Waals surface area contributed by atoms with Crippen LogP contribution in [0.4, 0.5) is 5.69 Å². The Labute approximate surface area is 191 Å². The Hall–Kier alpha value is -2.91. The lowest BCUT2D eigenvalue weighted by molar-refractivity contribution is -0.118. The number of rotatable bonds is 8. The molecule has 0 bridgehead atoms. The fraction of sp³-hybridized carbons (Fsp3) is 0.318. The van der Waals surface area contributed by atoms with Gasteiger partial charge >= 0.3 is 0 Å². The lowest BCUT2D eigenvalue weighted by Gasteiger charge is -2.27. The third kappa shape index (κ3) is 4.49. The molecule has 1 fully saturated rings. The number of carbonyl (C=O) groups is 1. The number of halogens is 1. The Morgan fingerprint density at radius 3 is 2.59 bits per heavy atom. The summed E-state index contributed by atoms with van der Waals surface area (Å²) in [6.07, 6.45) is 4.95. The van der Waals surface area contributed by atoms with Gasteiger partial charge in [-0.1, -0.05) is 30.5 Å². The number of sulfone groups is 1. The summed E-state index contributed by atoms with van der Waals surface area (Å²) in [4.78, 5) is 17.3. The molecule has 3 aromatic rings. The van der Waals surface area contributed by atoms with Crippen LogP contribution in [0.1, 0.15) is 25.7 Å². The topological polar surface area (TPSA) is 103 Å². The van der Waals surface area contributed by atoms with Gasteiger partial charge in [0, 0.05) is 16.8 Å². The van der Waals surface area contributed by atoms with Crippen LogP contribution >= 0.6 is 11.6 Å². The van der Waals surface area contributed by atoms with Crippen molar-refractivity contribution in [1.29, 1.82) is 0 Å². The molecule has 2 aromatic carbocycles. The largest absolute Gasteiger partial charge is 0.492 e. The molecule has 4 rings (SSSR count). The summed E-state index contributed by atoms with van der Waals surface area (Å²) in [6.45, 7) is 0.897. The Morgan fingerprint density at radius 2 is 1.91 bits per heavy atom. The van der Waals surface area contributed by atoms with Crippen molar-refractivity contribution in [1.82, 2.24) is 14.8 Å². The standard InChI is InChI=1S/C22H23ClN4O4S/c23-17-6-8-20(9-7-17)32(29,30)22(10-1-2-11-22)21(28)26-18-4-3-5-19(14-18)31-13-12-27-16-24-15-25-27/h3-9,14-16H,1-2,10-13H2,(H,26,28). The van der Waals surface area contributed by atoms with E-state index >= 15 is 0 Å². The molecule has 1 aromatic heterocycles. The average molecular weight is 475 g/mol. The van der Waals surface area contributed by atoms with E-state index in [1.807, 2.05) is 0 Å². The SMILES string of the molecule is O=C(Nc1cccc(OCCn2cncn2)c1)C1(S(=O)(=O)c2ccc(Cl)cc2)CCCC1. The number of hydrogen-bond donors (Lipinski definition) is 1. The van der Waals surface area contributed by atoms with Gasteiger partial charge in [0.1, 0.15) is 25.0 Å². The van der Waals surface area contributed by atoms with E-state index in [1.54, 1.807) is 35.3 Å². The van der Waals surface area contributed by atoms with Crippen molar-refractivity contribution >= 4 is 33.0 Å². The first-order valence-electron chi connectivity index (χ1n) is 10.3. The summed E-state index contributed by atoms with van der Waals surface area (Å²) in [5.74, 6) is 0.0358. The van der Waals surface area contributed by atoms with Crippen LogP contribution in [0, 0.1) is 0 Å². The lowest BCUT2D eigenvalue weighted by Crippen LogP contribution is -2.47. The molecule has 0 radical (unpaired) electrons. The maximum Gasteiger partial charge on any atom is 0.246 e. The minimum absolute atomic E-state index is 0.101. The van der Waals surface area contributed by atoms with E-state index in [-0.39, 0.29) is 17.7 Å². The Morgan fingerprint density at radius 1 is 1.16 bits per heavy atom. The van der Waals surface area contributed by atoms with Gasteiger partial charge in [0.05, 0.1) is 11.4 Å². The zero-order valence-corrected chi connectivity index (χ0v) is 18.8. The number of nitrogens with one attached hydrogen (secondary N) is 1. The number of benzene rings is 2. The van der Waals surface area contributed by atoms with Gasteiger partial charge in [-0.2, -0.15) is 5.10 Å². The van der Waals surface area contributed by atoms with Crippen LogP contribution in [0.5, 0.6) is 5.75 Å². The number of anilines is 1. The minimum atomic E-state index is -3.90. The fourth-order valence-corrected chi connectivity index (χ4v) is 6.11. The second-order valence-electron chi connectivity index (χ2n) is 7.65. The summed E-state index contributed by atoms with van der Waals surface area (Å²) in [7, 11) is -3.90. The Bertz CT molecular complexity index is 1170. The molecule has 1 aliphatic rings. The number of amides is 1. The van der Waals surface area contributed by atoms with E-state index in [1.165, 1.54) is 30.6 Å². The molecular formula is C22H23ClN4O4S. The zero-order chi connectivity index (χ0) is 22.6. The van der Waals surface area contributed by atoms with Crippen molar-refractivity contribution < 1.29 is 17.9 Å². The summed E-state index contributed by atoms with van der Waals surface area (Å²) in [5, 5.41) is 7.26. The molecule has 1 saturated carbocycles. The number of ether oxygens (including phenoxy) is 1. The van der Waals surface area contributed by atoms with Crippen molar-refractivity contribution in [3.05, 3.63) is 66.2 Å². The average Bonchev–Trinajstić information content (AvgIpc) is 3.48. The van der Waals surface area contributed by atoms with Gasteiger partial charge in [-0.05, 0) is 49.2 Å². The van der Waals surface area contributed by atoms with Gasteiger partial charge < -0.3 is 10.1 Å². The highest BCUT2D eigenvalue weighted by Crippen LogP contribution is 2.41. The van der Waals surface area contributed by atoms with E-state index in [2.05, 4.69) is 15.4 Å². The highest BCUT2D eigenvalue weighted by Gasteiger charge is 2.52. The highest BCUT2D eigenvalue weighted by molar-refractivity contribution is 7.93. The molecule has 1 heterocycles. The third-order valence-corrected chi connectivity index (χ3v) is 8.38. The van der Waals surface area contributed by atoms with Crippen LogP contribution in [-0.4, -0.2) is 40.4 Å². The molecule has 1 amide bonds. The Balaban J connectivity index is 1.50.